The molecule has 0 aliphatic carbocycles. The maximum Gasteiger partial charge on any atom is 0.254 e. The van der Waals surface area contributed by atoms with Crippen molar-refractivity contribution in [2.45, 2.75) is 45.4 Å². The molecule has 29 heavy (non-hydrogen) atoms. The Morgan fingerprint density at radius 1 is 1.31 bits per heavy atom. The second-order valence-corrected chi connectivity index (χ2v) is 7.85. The first kappa shape index (κ1) is 19.6. The van der Waals surface area contributed by atoms with E-state index < -0.39 is 11.9 Å². The number of benzene rings is 2. The molecule has 2 aromatic carbocycles. The number of fused-ring (bicyclic) bond motifs is 1. The van der Waals surface area contributed by atoms with Crippen LogP contribution < -0.4 is 0 Å². The third-order valence-corrected chi connectivity index (χ3v) is 6.20. The number of carbonyl (C=O) groups is 1. The molecule has 6 heteroatoms. The van der Waals surface area contributed by atoms with Crippen molar-refractivity contribution >= 4 is 5.91 Å². The molecule has 2 aliphatic rings. The highest BCUT2D eigenvalue weighted by Gasteiger charge is 2.39. The first-order chi connectivity index (χ1) is 13.9. The van der Waals surface area contributed by atoms with E-state index in [1.165, 1.54) is 12.1 Å². The molecule has 0 saturated carbocycles. The zero-order valence-corrected chi connectivity index (χ0v) is 16.5. The highest BCUT2D eigenvalue weighted by atomic mass is 19.1. The van der Waals surface area contributed by atoms with Crippen LogP contribution in [0.4, 0.5) is 4.39 Å². The number of hydrogen-bond acceptors (Lipinski definition) is 4. The molecule has 2 atom stereocenters. The average Bonchev–Trinajstić information content (AvgIpc) is 3.03. The second-order valence-electron chi connectivity index (χ2n) is 7.85. The normalized spacial score (nSPS) is 21.2. The van der Waals surface area contributed by atoms with Gasteiger partial charge in [0.25, 0.3) is 5.91 Å². The summed E-state index contributed by atoms with van der Waals surface area (Å²) in [5.74, 6) is -0.626. The molecule has 2 aromatic rings. The Balaban J connectivity index is 1.66. The van der Waals surface area contributed by atoms with Crippen LogP contribution in [0.3, 0.4) is 0 Å². The Kier molecular flexibility index (Phi) is 5.12. The summed E-state index contributed by atoms with van der Waals surface area (Å²) in [5.41, 5.74) is 5.49. The summed E-state index contributed by atoms with van der Waals surface area (Å²) in [6, 6.07) is 8.00. The smallest absolute Gasteiger partial charge is 0.254 e. The molecular weight excluding hydrogens is 371 g/mol. The van der Waals surface area contributed by atoms with Crippen LogP contribution in [0, 0.1) is 31.0 Å². The standard InChI is InChI=1S/C23H23FN2O3/c1-13-14(2)19-11-26(21-12-29-6-5-22(21)27)23(28)18(19)9-17(13)7-15-3-4-16(10-25)20(24)8-15/h3-4,8-9,21-22,27H,5-7,11-12H2,1-2H3. The predicted molar refractivity (Wildman–Crippen MR) is 105 cm³/mol. The van der Waals surface area contributed by atoms with Crippen molar-refractivity contribution in [1.82, 2.24) is 4.90 Å². The molecule has 0 radical (unpaired) electrons. The summed E-state index contributed by atoms with van der Waals surface area (Å²) in [4.78, 5) is 14.8. The minimum atomic E-state index is -0.579. The fourth-order valence-corrected chi connectivity index (χ4v) is 4.27. The van der Waals surface area contributed by atoms with Crippen LogP contribution in [0.5, 0.6) is 0 Å². The highest BCUT2D eigenvalue weighted by molar-refractivity contribution is 5.99. The maximum absolute atomic E-state index is 14.0. The number of nitrogens with zero attached hydrogens (tertiary/aromatic N) is 2. The molecule has 2 unspecified atom stereocenters. The van der Waals surface area contributed by atoms with Gasteiger partial charge in [-0.25, -0.2) is 4.39 Å². The van der Waals surface area contributed by atoms with Gasteiger partial charge >= 0.3 is 0 Å². The van der Waals surface area contributed by atoms with Crippen molar-refractivity contribution in [2.24, 2.45) is 0 Å². The number of ether oxygens (including phenoxy) is 1. The summed E-state index contributed by atoms with van der Waals surface area (Å²) in [6.45, 7) is 5.34. The van der Waals surface area contributed by atoms with Gasteiger partial charge in [-0.1, -0.05) is 6.07 Å². The number of amides is 1. The van der Waals surface area contributed by atoms with Crippen molar-refractivity contribution in [3.05, 3.63) is 69.0 Å². The molecule has 5 nitrogen and oxygen atoms in total. The molecular formula is C23H23FN2O3. The van der Waals surface area contributed by atoms with Crippen LogP contribution in [0.25, 0.3) is 0 Å². The number of rotatable bonds is 3. The molecule has 4 rings (SSSR count). The first-order valence-corrected chi connectivity index (χ1v) is 9.78. The largest absolute Gasteiger partial charge is 0.391 e. The minimum absolute atomic E-state index is 0.0229. The Morgan fingerprint density at radius 3 is 2.79 bits per heavy atom. The van der Waals surface area contributed by atoms with Crippen LogP contribution >= 0.6 is 0 Å². The zero-order valence-electron chi connectivity index (χ0n) is 16.5. The van der Waals surface area contributed by atoms with Crippen LogP contribution in [0.2, 0.25) is 0 Å². The van der Waals surface area contributed by atoms with Crippen molar-refractivity contribution in [3.8, 4) is 6.07 Å². The van der Waals surface area contributed by atoms with Crippen LogP contribution in [-0.2, 0) is 17.7 Å². The Morgan fingerprint density at radius 2 is 2.10 bits per heavy atom. The monoisotopic (exact) mass is 394 g/mol. The van der Waals surface area contributed by atoms with E-state index in [2.05, 4.69) is 0 Å². The van der Waals surface area contributed by atoms with Gasteiger partial charge in [-0.05, 0) is 72.7 Å². The summed E-state index contributed by atoms with van der Waals surface area (Å²) in [6.07, 6.45) is 0.424. The number of aliphatic hydroxyl groups excluding tert-OH is 1. The van der Waals surface area contributed by atoms with E-state index in [9.17, 15) is 14.3 Å². The Labute approximate surface area is 169 Å². The van der Waals surface area contributed by atoms with E-state index in [-0.39, 0.29) is 17.5 Å². The van der Waals surface area contributed by atoms with E-state index in [1.54, 1.807) is 11.0 Å². The van der Waals surface area contributed by atoms with Gasteiger partial charge in [0.1, 0.15) is 11.9 Å². The van der Waals surface area contributed by atoms with Crippen molar-refractivity contribution < 1.29 is 19.0 Å². The molecule has 1 amide bonds. The SMILES string of the molecule is Cc1c(Cc2ccc(C#N)c(F)c2)cc2c(c1C)CN(C1COCCC1O)C2=O. The van der Waals surface area contributed by atoms with E-state index in [1.807, 2.05) is 26.0 Å². The van der Waals surface area contributed by atoms with Gasteiger partial charge in [-0.2, -0.15) is 5.26 Å². The lowest BCUT2D eigenvalue weighted by Gasteiger charge is -2.34. The lowest BCUT2D eigenvalue weighted by molar-refractivity contribution is -0.0528. The van der Waals surface area contributed by atoms with Crippen LogP contribution in [0.1, 0.15) is 50.2 Å². The average molecular weight is 394 g/mol. The van der Waals surface area contributed by atoms with Crippen LogP contribution in [-0.4, -0.2) is 41.3 Å². The molecule has 0 aromatic heterocycles. The van der Waals surface area contributed by atoms with E-state index >= 15 is 0 Å². The molecule has 1 saturated heterocycles. The fraction of sp³-hybridized carbons (Fsp3) is 0.391. The van der Waals surface area contributed by atoms with E-state index in [0.29, 0.717) is 38.2 Å². The van der Waals surface area contributed by atoms with E-state index in [4.69, 9.17) is 10.00 Å². The zero-order chi connectivity index (χ0) is 20.7. The van der Waals surface area contributed by atoms with Crippen molar-refractivity contribution in [3.63, 3.8) is 0 Å². The van der Waals surface area contributed by atoms with Gasteiger partial charge in [-0.3, -0.25) is 4.79 Å². The number of carbonyl (C=O) groups excluding carboxylic acids is 1. The lowest BCUT2D eigenvalue weighted by Crippen LogP contribution is -2.49. The third kappa shape index (κ3) is 3.41. The Hall–Kier alpha value is -2.75. The van der Waals surface area contributed by atoms with Crippen molar-refractivity contribution in [2.75, 3.05) is 13.2 Å². The van der Waals surface area contributed by atoms with Gasteiger partial charge in [0.15, 0.2) is 0 Å². The molecule has 0 bridgehead atoms. The quantitative estimate of drug-likeness (QED) is 0.869. The molecule has 1 N–H and O–H groups in total. The number of nitriles is 1. The second kappa shape index (κ2) is 7.58. The van der Waals surface area contributed by atoms with E-state index in [0.717, 1.165) is 27.8 Å². The summed E-state index contributed by atoms with van der Waals surface area (Å²) >= 11 is 0. The number of halogens is 1. The third-order valence-electron chi connectivity index (χ3n) is 6.20. The molecule has 1 fully saturated rings. The lowest BCUT2D eigenvalue weighted by atomic mass is 9.91. The molecule has 150 valence electrons. The van der Waals surface area contributed by atoms with Gasteiger partial charge in [0.2, 0.25) is 0 Å². The number of aliphatic hydroxyl groups is 1. The van der Waals surface area contributed by atoms with Gasteiger partial charge in [0, 0.05) is 18.7 Å². The number of hydrogen-bond donors (Lipinski definition) is 1. The molecule has 2 aliphatic heterocycles. The fourth-order valence-electron chi connectivity index (χ4n) is 4.27. The Bertz CT molecular complexity index is 1030. The maximum atomic E-state index is 14.0. The predicted octanol–water partition coefficient (Wildman–Crippen LogP) is 3.01. The van der Waals surface area contributed by atoms with Gasteiger partial charge < -0.3 is 14.7 Å². The molecule has 0 spiro atoms. The van der Waals surface area contributed by atoms with Gasteiger partial charge in [-0.15, -0.1) is 0 Å². The minimum Gasteiger partial charge on any atom is -0.391 e. The topological polar surface area (TPSA) is 73.6 Å². The van der Waals surface area contributed by atoms with Gasteiger partial charge in [0.05, 0.1) is 24.3 Å². The van der Waals surface area contributed by atoms with Crippen molar-refractivity contribution in [1.29, 1.82) is 5.26 Å². The summed E-state index contributed by atoms with van der Waals surface area (Å²) in [7, 11) is 0. The summed E-state index contributed by atoms with van der Waals surface area (Å²) < 4.78 is 19.5. The summed E-state index contributed by atoms with van der Waals surface area (Å²) in [5, 5.41) is 19.2. The highest BCUT2D eigenvalue weighted by Crippen LogP contribution is 2.33. The molecule has 2 heterocycles. The first-order valence-electron chi connectivity index (χ1n) is 9.78. The van der Waals surface area contributed by atoms with Crippen LogP contribution in [0.15, 0.2) is 24.3 Å².